The number of phenols is 1. The molecule has 1 aromatic carbocycles. The fraction of sp³-hybridized carbons (Fsp3) is 0.429. The summed E-state index contributed by atoms with van der Waals surface area (Å²) >= 11 is 0. The molecule has 0 bridgehead atoms. The van der Waals surface area contributed by atoms with Crippen LogP contribution in [0.2, 0.25) is 0 Å². The third-order valence-electron chi connectivity index (χ3n) is 6.01. The molecule has 0 aliphatic carbocycles. The Morgan fingerprint density at radius 1 is 1.28 bits per heavy atom. The molecule has 2 aliphatic heterocycles. The lowest BCUT2D eigenvalue weighted by Gasteiger charge is -2.34. The maximum Gasteiger partial charge on any atom is 0.415 e. The number of amides is 2. The van der Waals surface area contributed by atoms with Crippen LogP contribution in [0.15, 0.2) is 18.3 Å². The second kappa shape index (κ2) is 9.97. The number of carboxylic acids is 1. The van der Waals surface area contributed by atoms with Gasteiger partial charge in [0.15, 0.2) is 11.9 Å². The number of phenolic OH excluding ortho intramolecular Hbond substituents is 1. The van der Waals surface area contributed by atoms with Gasteiger partial charge >= 0.3 is 19.7 Å². The highest BCUT2D eigenvalue weighted by Gasteiger charge is 2.37. The van der Waals surface area contributed by atoms with E-state index >= 15 is 0 Å². The highest BCUT2D eigenvalue weighted by Crippen LogP contribution is 2.44. The Labute approximate surface area is 204 Å². The minimum absolute atomic E-state index is 0.000359. The molecule has 1 aromatic heterocycles. The third kappa shape index (κ3) is 5.12. The van der Waals surface area contributed by atoms with Gasteiger partial charge in [-0.15, -0.1) is 0 Å². The number of aromatic nitrogens is 1. The number of hydrogen-bond donors (Lipinski definition) is 3. The van der Waals surface area contributed by atoms with Crippen LogP contribution in [-0.2, 0) is 20.4 Å². The van der Waals surface area contributed by atoms with E-state index in [0.29, 0.717) is 13.1 Å². The molecule has 0 spiro atoms. The number of aromatic hydroxyl groups is 1. The summed E-state index contributed by atoms with van der Waals surface area (Å²) in [7, 11) is -4.11. The molecule has 3 heterocycles. The number of rotatable bonds is 7. The molecule has 2 aromatic rings. The first kappa shape index (κ1) is 25.8. The van der Waals surface area contributed by atoms with Crippen molar-refractivity contribution < 1.29 is 47.8 Å². The Kier molecular flexibility index (Phi) is 7.14. The van der Waals surface area contributed by atoms with Crippen LogP contribution in [-0.4, -0.2) is 98.0 Å². The number of piperazine rings is 1. The number of ether oxygens (including phenoxy) is 1. The molecule has 2 amide bonds. The van der Waals surface area contributed by atoms with Crippen molar-refractivity contribution in [2.45, 2.75) is 19.6 Å². The van der Waals surface area contributed by atoms with Gasteiger partial charge in [-0.2, -0.15) is 5.12 Å². The molecule has 36 heavy (non-hydrogen) atoms. The van der Waals surface area contributed by atoms with E-state index in [1.54, 1.807) is 6.07 Å². The number of pyridine rings is 1. The Hall–Kier alpha value is -3.32. The molecule has 1 unspecified atom stereocenters. The molecular formula is C21H24FN4O9P. The monoisotopic (exact) mass is 526 g/mol. The van der Waals surface area contributed by atoms with E-state index in [-0.39, 0.29) is 58.7 Å². The maximum absolute atomic E-state index is 14.0. The van der Waals surface area contributed by atoms with Crippen LogP contribution in [0.4, 0.5) is 9.28 Å². The summed E-state index contributed by atoms with van der Waals surface area (Å²) in [6.07, 6.45) is -1.06. The minimum Gasteiger partial charge on any atom is -0.505 e. The SMILES string of the molecule is C[C@H](OP(=O)(O)CCN1CCN(C(=O)Oc2c3c(c(O)c4ncccc24)C(=O)N(F)C3)CC1)C(=O)O. The number of hydrogen-bond acceptors (Lipinski definition) is 9. The van der Waals surface area contributed by atoms with Gasteiger partial charge < -0.3 is 24.7 Å². The second-order valence-corrected chi connectivity index (χ2v) is 10.3. The van der Waals surface area contributed by atoms with Gasteiger partial charge in [-0.3, -0.25) is 23.8 Å². The Morgan fingerprint density at radius 2 is 1.97 bits per heavy atom. The zero-order chi connectivity index (χ0) is 26.2. The summed E-state index contributed by atoms with van der Waals surface area (Å²) in [6, 6.07) is 3.09. The maximum atomic E-state index is 14.0. The van der Waals surface area contributed by atoms with Crippen LogP contribution in [0.1, 0.15) is 22.8 Å². The predicted molar refractivity (Wildman–Crippen MR) is 121 cm³/mol. The summed E-state index contributed by atoms with van der Waals surface area (Å²) in [4.78, 5) is 53.1. The molecule has 1 saturated heterocycles. The number of carbonyl (C=O) groups excluding carboxylic acids is 2. The second-order valence-electron chi connectivity index (χ2n) is 8.40. The van der Waals surface area contributed by atoms with E-state index in [1.807, 2.05) is 4.90 Å². The average Bonchev–Trinajstić information content (AvgIpc) is 3.14. The highest BCUT2D eigenvalue weighted by atomic mass is 31.2. The standard InChI is InChI=1S/C21H24FN4O9P/c1-12(20(29)30)35-36(32,33)10-9-24-5-7-25(8-6-24)21(31)34-18-13-3-2-4-23-16(13)17(27)15-14(18)11-26(22)19(15)28/h2-4,12,27H,5-11H2,1H3,(H,29,30)(H,32,33)/t12-/m0/s1. The third-order valence-corrected chi connectivity index (χ3v) is 7.42. The van der Waals surface area contributed by atoms with E-state index in [0.717, 1.165) is 0 Å². The van der Waals surface area contributed by atoms with Crippen molar-refractivity contribution in [1.29, 1.82) is 0 Å². The molecule has 0 saturated carbocycles. The Bertz CT molecular complexity index is 1270. The van der Waals surface area contributed by atoms with Crippen molar-refractivity contribution in [3.63, 3.8) is 0 Å². The van der Waals surface area contributed by atoms with Crippen molar-refractivity contribution >= 4 is 36.5 Å². The molecule has 13 nitrogen and oxygen atoms in total. The zero-order valence-corrected chi connectivity index (χ0v) is 20.1. The van der Waals surface area contributed by atoms with Crippen molar-refractivity contribution in [3.8, 4) is 11.5 Å². The molecule has 194 valence electrons. The van der Waals surface area contributed by atoms with Crippen LogP contribution in [0, 0.1) is 0 Å². The van der Waals surface area contributed by atoms with Gasteiger partial charge in [0.25, 0.3) is 5.91 Å². The lowest BCUT2D eigenvalue weighted by atomic mass is 10.0. The number of carboxylic acid groups (broad SMARTS) is 1. The van der Waals surface area contributed by atoms with Gasteiger partial charge in [0.05, 0.1) is 18.3 Å². The fourth-order valence-corrected chi connectivity index (χ4v) is 5.29. The molecule has 2 atom stereocenters. The first-order chi connectivity index (χ1) is 17.0. The fourth-order valence-electron chi connectivity index (χ4n) is 4.06. The van der Waals surface area contributed by atoms with E-state index < -0.39 is 44.0 Å². The minimum atomic E-state index is -4.11. The number of benzene rings is 1. The molecule has 4 rings (SSSR count). The summed E-state index contributed by atoms with van der Waals surface area (Å²) in [5, 5.41) is 19.5. The quantitative estimate of drug-likeness (QED) is 0.353. The van der Waals surface area contributed by atoms with Crippen LogP contribution in [0.3, 0.4) is 0 Å². The van der Waals surface area contributed by atoms with Crippen LogP contribution in [0.25, 0.3) is 10.9 Å². The van der Waals surface area contributed by atoms with E-state index in [4.69, 9.17) is 14.4 Å². The molecular weight excluding hydrogens is 502 g/mol. The lowest BCUT2D eigenvalue weighted by molar-refractivity contribution is -0.144. The molecule has 3 N–H and O–H groups in total. The number of fused-ring (bicyclic) bond motifs is 2. The number of aliphatic carboxylic acids is 1. The molecule has 2 aliphatic rings. The summed E-state index contributed by atoms with van der Waals surface area (Å²) in [6.45, 7) is 1.94. The molecule has 15 heteroatoms. The average molecular weight is 526 g/mol. The Morgan fingerprint density at radius 3 is 2.64 bits per heavy atom. The summed E-state index contributed by atoms with van der Waals surface area (Å²) in [5.74, 6) is -2.94. The highest BCUT2D eigenvalue weighted by molar-refractivity contribution is 7.52. The zero-order valence-electron chi connectivity index (χ0n) is 19.2. The van der Waals surface area contributed by atoms with Gasteiger partial charge in [-0.25, -0.2) is 9.59 Å². The van der Waals surface area contributed by atoms with E-state index in [2.05, 4.69) is 4.98 Å². The lowest BCUT2D eigenvalue weighted by Crippen LogP contribution is -2.50. The van der Waals surface area contributed by atoms with E-state index in [1.165, 1.54) is 24.1 Å². The van der Waals surface area contributed by atoms with Crippen molar-refractivity contribution in [1.82, 2.24) is 19.9 Å². The van der Waals surface area contributed by atoms with Gasteiger partial charge in [-0.05, 0) is 19.1 Å². The van der Waals surface area contributed by atoms with E-state index in [9.17, 15) is 33.4 Å². The van der Waals surface area contributed by atoms with Crippen LogP contribution >= 0.6 is 7.60 Å². The van der Waals surface area contributed by atoms with Crippen molar-refractivity contribution in [2.75, 3.05) is 38.9 Å². The van der Waals surface area contributed by atoms with Crippen molar-refractivity contribution in [3.05, 3.63) is 29.5 Å². The largest absolute Gasteiger partial charge is 0.505 e. The first-order valence-corrected chi connectivity index (χ1v) is 12.8. The first-order valence-electron chi connectivity index (χ1n) is 11.0. The smallest absolute Gasteiger partial charge is 0.415 e. The number of nitrogens with zero attached hydrogens (tertiary/aromatic N) is 4. The normalized spacial score (nSPS) is 18.7. The summed E-state index contributed by atoms with van der Waals surface area (Å²) in [5.41, 5.74) is -0.258. The van der Waals surface area contributed by atoms with Crippen molar-refractivity contribution in [2.24, 2.45) is 0 Å². The molecule has 1 fully saturated rings. The number of carbonyl (C=O) groups is 3. The van der Waals surface area contributed by atoms with Crippen LogP contribution < -0.4 is 4.74 Å². The summed E-state index contributed by atoms with van der Waals surface area (Å²) < 4.78 is 36.5. The van der Waals surface area contributed by atoms with Gasteiger partial charge in [-0.1, -0.05) is 4.48 Å². The topological polar surface area (TPSA) is 170 Å². The predicted octanol–water partition coefficient (Wildman–Crippen LogP) is 1.57. The Balaban J connectivity index is 1.41. The molecule has 0 radical (unpaired) electrons. The van der Waals surface area contributed by atoms with Gasteiger partial charge in [0.1, 0.15) is 11.3 Å². The van der Waals surface area contributed by atoms with Crippen LogP contribution in [0.5, 0.6) is 11.5 Å². The van der Waals surface area contributed by atoms with Gasteiger partial charge in [0.2, 0.25) is 0 Å². The van der Waals surface area contributed by atoms with Gasteiger partial charge in [0, 0.05) is 49.9 Å². The number of halogens is 1.